The van der Waals surface area contributed by atoms with Gasteiger partial charge in [-0.25, -0.2) is 4.79 Å². The first-order chi connectivity index (χ1) is 2.64. The van der Waals surface area contributed by atoms with E-state index in [0.717, 1.165) is 0 Å². The summed E-state index contributed by atoms with van der Waals surface area (Å²) in [6.07, 6.45) is 0. The topological polar surface area (TPSA) is 100 Å². The van der Waals surface area contributed by atoms with Gasteiger partial charge in [0, 0.05) is 5.57 Å². The summed E-state index contributed by atoms with van der Waals surface area (Å²) in [5, 5.41) is 7.89. The van der Waals surface area contributed by atoms with Gasteiger partial charge in [-0.05, 0) is 6.92 Å². The van der Waals surface area contributed by atoms with E-state index in [1.165, 1.54) is 6.92 Å². The van der Waals surface area contributed by atoms with Crippen LogP contribution in [0.3, 0.4) is 0 Å². The average molecular weight is 164 g/mol. The van der Waals surface area contributed by atoms with Crippen LogP contribution < -0.4 is 0 Å². The zero-order valence-electron chi connectivity index (χ0n) is 4.56. The van der Waals surface area contributed by atoms with Crippen molar-refractivity contribution in [1.82, 2.24) is 0 Å². The normalized spacial score (nSPS) is 5.00. The van der Waals surface area contributed by atoms with Crippen molar-refractivity contribution in [3.05, 3.63) is 12.2 Å². The predicted octanol–water partition coefficient (Wildman–Crippen LogP) is -1.92. The van der Waals surface area contributed by atoms with Gasteiger partial charge in [0.1, 0.15) is 0 Å². The van der Waals surface area contributed by atoms with E-state index in [9.17, 15) is 4.79 Å². The monoisotopic (exact) mass is 164 g/mol. The standard InChI is InChI=1S/C4H6O2.Ca.2H2O.2H/c1-3(2)4(5)6;;;;;/h1H2,2H3,(H,5,6);;2*1H2;;. The van der Waals surface area contributed by atoms with Gasteiger partial charge in [0.05, 0.1) is 0 Å². The number of rotatable bonds is 1. The third-order valence-electron chi connectivity index (χ3n) is 0.365. The fraction of sp³-hybridized carbons (Fsp3) is 0.250. The summed E-state index contributed by atoms with van der Waals surface area (Å²) >= 11 is 0. The van der Waals surface area contributed by atoms with Crippen LogP contribution in [-0.4, -0.2) is 59.8 Å². The molecule has 0 amide bonds. The summed E-state index contributed by atoms with van der Waals surface area (Å²) in [5.74, 6) is -0.935. The van der Waals surface area contributed by atoms with Gasteiger partial charge in [-0.1, -0.05) is 6.58 Å². The van der Waals surface area contributed by atoms with Crippen molar-refractivity contribution in [3.63, 3.8) is 0 Å². The summed E-state index contributed by atoms with van der Waals surface area (Å²) < 4.78 is 0. The molecule has 0 aromatic rings. The van der Waals surface area contributed by atoms with E-state index >= 15 is 0 Å². The molecule has 5 heteroatoms. The van der Waals surface area contributed by atoms with Crippen molar-refractivity contribution in [2.45, 2.75) is 6.92 Å². The van der Waals surface area contributed by atoms with Gasteiger partial charge in [0.15, 0.2) is 0 Å². The molecule has 0 aromatic carbocycles. The molecule has 9 heavy (non-hydrogen) atoms. The third kappa shape index (κ3) is 17.8. The molecule has 0 saturated heterocycles. The predicted molar refractivity (Wildman–Crippen MR) is 38.2 cm³/mol. The van der Waals surface area contributed by atoms with E-state index in [4.69, 9.17) is 5.11 Å². The van der Waals surface area contributed by atoms with Crippen molar-refractivity contribution in [3.8, 4) is 0 Å². The number of carbonyl (C=O) groups is 1. The average Bonchev–Trinajstić information content (AvgIpc) is 1.36. The van der Waals surface area contributed by atoms with Gasteiger partial charge >= 0.3 is 43.7 Å². The van der Waals surface area contributed by atoms with Crippen molar-refractivity contribution in [2.75, 3.05) is 0 Å². The van der Waals surface area contributed by atoms with Gasteiger partial charge in [0.25, 0.3) is 0 Å². The Balaban J connectivity index is -0.0000000417. The van der Waals surface area contributed by atoms with Crippen LogP contribution in [0.25, 0.3) is 0 Å². The van der Waals surface area contributed by atoms with Crippen LogP contribution in [0, 0.1) is 0 Å². The van der Waals surface area contributed by atoms with E-state index in [0.29, 0.717) is 0 Å². The van der Waals surface area contributed by atoms with Gasteiger partial charge in [-0.15, -0.1) is 0 Å². The molecule has 0 unspecified atom stereocenters. The van der Waals surface area contributed by atoms with Crippen molar-refractivity contribution in [1.29, 1.82) is 0 Å². The zero-order chi connectivity index (χ0) is 5.15. The Morgan fingerprint density at radius 1 is 1.44 bits per heavy atom. The van der Waals surface area contributed by atoms with E-state index in [1.807, 2.05) is 0 Å². The van der Waals surface area contributed by atoms with Crippen molar-refractivity contribution in [2.24, 2.45) is 0 Å². The van der Waals surface area contributed by atoms with Gasteiger partial charge in [0.2, 0.25) is 0 Å². The minimum absolute atomic E-state index is 0. The SMILES string of the molecule is C=C(C)C(=O)O.O.O.[CaH2]. The molecule has 4 nitrogen and oxygen atoms in total. The molecule has 0 aromatic heterocycles. The summed E-state index contributed by atoms with van der Waals surface area (Å²) in [4.78, 5) is 9.60. The van der Waals surface area contributed by atoms with Crippen LogP contribution in [0.1, 0.15) is 6.92 Å². The Hall–Kier alpha value is 0.390. The molecule has 0 fully saturated rings. The third-order valence-corrected chi connectivity index (χ3v) is 0.365. The number of carboxylic acids is 1. The molecular weight excluding hydrogens is 152 g/mol. The maximum absolute atomic E-state index is 9.60. The first-order valence-corrected chi connectivity index (χ1v) is 1.53. The van der Waals surface area contributed by atoms with E-state index in [1.54, 1.807) is 0 Å². The minimum atomic E-state index is -0.935. The van der Waals surface area contributed by atoms with Crippen LogP contribution in [0.15, 0.2) is 12.2 Å². The molecule has 5 N–H and O–H groups in total. The molecule has 0 radical (unpaired) electrons. The number of carboxylic acid groups (broad SMARTS) is 1. The molecule has 0 aliphatic heterocycles. The Morgan fingerprint density at radius 3 is 1.56 bits per heavy atom. The molecule has 0 aliphatic rings. The number of aliphatic carboxylic acids is 1. The number of hydrogen-bond donors (Lipinski definition) is 1. The van der Waals surface area contributed by atoms with Gasteiger partial charge < -0.3 is 16.1 Å². The van der Waals surface area contributed by atoms with Crippen LogP contribution in [-0.2, 0) is 4.79 Å². The first-order valence-electron chi connectivity index (χ1n) is 1.53. The van der Waals surface area contributed by atoms with Crippen LogP contribution in [0.5, 0.6) is 0 Å². The molecule has 0 spiro atoms. The second-order valence-electron chi connectivity index (χ2n) is 1.09. The summed E-state index contributed by atoms with van der Waals surface area (Å²) in [6.45, 7) is 4.60. The summed E-state index contributed by atoms with van der Waals surface area (Å²) in [5.41, 5.74) is 0.176. The molecular formula is C4H12CaO4. The first kappa shape index (κ1) is 22.8. The van der Waals surface area contributed by atoms with Crippen LogP contribution in [0.2, 0.25) is 0 Å². The second kappa shape index (κ2) is 11.2. The molecule has 54 valence electrons. The van der Waals surface area contributed by atoms with Gasteiger partial charge in [-0.2, -0.15) is 0 Å². The van der Waals surface area contributed by atoms with E-state index < -0.39 is 5.97 Å². The van der Waals surface area contributed by atoms with Crippen molar-refractivity contribution >= 4 is 43.7 Å². The molecule has 0 rings (SSSR count). The quantitative estimate of drug-likeness (QED) is 0.361. The van der Waals surface area contributed by atoms with E-state index in [2.05, 4.69) is 6.58 Å². The molecule has 0 saturated carbocycles. The van der Waals surface area contributed by atoms with Crippen LogP contribution >= 0.6 is 0 Å². The Labute approximate surface area is 83.2 Å². The zero-order valence-corrected chi connectivity index (χ0v) is 4.56. The fourth-order valence-corrected chi connectivity index (χ4v) is 0. The summed E-state index contributed by atoms with van der Waals surface area (Å²) in [6, 6.07) is 0. The summed E-state index contributed by atoms with van der Waals surface area (Å²) in [7, 11) is 0. The molecule has 0 aliphatic carbocycles. The maximum atomic E-state index is 9.60. The molecule has 0 bridgehead atoms. The van der Waals surface area contributed by atoms with Crippen LogP contribution in [0.4, 0.5) is 0 Å². The Kier molecular flexibility index (Phi) is 28.4. The molecule has 0 heterocycles. The Morgan fingerprint density at radius 2 is 1.56 bits per heavy atom. The van der Waals surface area contributed by atoms with Gasteiger partial charge in [-0.3, -0.25) is 0 Å². The fourth-order valence-electron chi connectivity index (χ4n) is 0. The Bertz CT molecular complexity index is 78.6. The van der Waals surface area contributed by atoms with Crippen molar-refractivity contribution < 1.29 is 20.9 Å². The molecule has 0 atom stereocenters. The number of hydrogen-bond acceptors (Lipinski definition) is 1. The second-order valence-corrected chi connectivity index (χ2v) is 1.09. The van der Waals surface area contributed by atoms with E-state index in [-0.39, 0.29) is 54.3 Å².